The van der Waals surface area contributed by atoms with Gasteiger partial charge in [0.2, 0.25) is 0 Å². The number of furan rings is 1. The molecule has 0 aromatic carbocycles. The average Bonchev–Trinajstić information content (AvgIpc) is 3.16. The van der Waals surface area contributed by atoms with E-state index in [0.717, 1.165) is 18.6 Å². The fourth-order valence-corrected chi connectivity index (χ4v) is 4.81. The van der Waals surface area contributed by atoms with Gasteiger partial charge in [-0.2, -0.15) is 22.3 Å². The molecule has 2 aliphatic rings. The minimum absolute atomic E-state index is 0.0826. The van der Waals surface area contributed by atoms with Crippen LogP contribution in [0.15, 0.2) is 16.5 Å². The maximum absolute atomic E-state index is 12.9. The molecule has 1 aromatic rings. The average molecular weight is 325 g/mol. The van der Waals surface area contributed by atoms with Gasteiger partial charge in [-0.05, 0) is 31.9 Å². The Morgan fingerprint density at radius 1 is 1.36 bits per heavy atom. The summed E-state index contributed by atoms with van der Waals surface area (Å²) < 4.78 is 39.5. The minimum Gasteiger partial charge on any atom is -0.465 e. The summed E-state index contributed by atoms with van der Waals surface area (Å²) in [7, 11) is -3.62. The Bertz CT molecular complexity index is 679. The Morgan fingerprint density at radius 3 is 2.86 bits per heavy atom. The molecular formula is C14H19N3O4S. The molecule has 120 valence electrons. The Hall–Kier alpha value is -1.40. The van der Waals surface area contributed by atoms with E-state index >= 15 is 0 Å². The van der Waals surface area contributed by atoms with Crippen molar-refractivity contribution >= 4 is 10.2 Å². The minimum atomic E-state index is -3.62. The highest BCUT2D eigenvalue weighted by molar-refractivity contribution is 7.86. The van der Waals surface area contributed by atoms with Gasteiger partial charge >= 0.3 is 0 Å². The highest BCUT2D eigenvalue weighted by atomic mass is 32.2. The second-order valence-electron chi connectivity index (χ2n) is 5.57. The summed E-state index contributed by atoms with van der Waals surface area (Å²) in [6.07, 6.45) is 0.851. The van der Waals surface area contributed by atoms with Gasteiger partial charge < -0.3 is 9.15 Å². The van der Waals surface area contributed by atoms with E-state index in [1.807, 2.05) is 25.1 Å². The van der Waals surface area contributed by atoms with Crippen LogP contribution in [0.3, 0.4) is 0 Å². The van der Waals surface area contributed by atoms with Gasteiger partial charge in [-0.3, -0.25) is 0 Å². The Kier molecular flexibility index (Phi) is 4.23. The van der Waals surface area contributed by atoms with E-state index in [2.05, 4.69) is 0 Å². The summed E-state index contributed by atoms with van der Waals surface area (Å²) in [6, 6.07) is 5.40. The predicted molar refractivity (Wildman–Crippen MR) is 78.0 cm³/mol. The fraction of sp³-hybridized carbons (Fsp3) is 0.643. The van der Waals surface area contributed by atoms with Crippen LogP contribution in [0.2, 0.25) is 0 Å². The van der Waals surface area contributed by atoms with Crippen LogP contribution in [-0.2, 0) is 14.9 Å². The molecule has 2 aliphatic heterocycles. The molecule has 0 N–H and O–H groups in total. The fourth-order valence-electron chi connectivity index (χ4n) is 2.99. The molecule has 7 nitrogen and oxygen atoms in total. The monoisotopic (exact) mass is 325 g/mol. The van der Waals surface area contributed by atoms with Gasteiger partial charge in [0.15, 0.2) is 6.10 Å². The van der Waals surface area contributed by atoms with Gasteiger partial charge in [0.1, 0.15) is 11.5 Å². The lowest BCUT2D eigenvalue weighted by molar-refractivity contribution is 0.0286. The lowest BCUT2D eigenvalue weighted by Gasteiger charge is -2.33. The molecule has 0 radical (unpaired) electrons. The van der Waals surface area contributed by atoms with Crippen LogP contribution in [0.4, 0.5) is 0 Å². The number of hydrogen-bond acceptors (Lipinski definition) is 5. The van der Waals surface area contributed by atoms with Crippen molar-refractivity contribution in [1.82, 2.24) is 8.61 Å². The number of rotatable bonds is 3. The van der Waals surface area contributed by atoms with Gasteiger partial charge in [0, 0.05) is 13.1 Å². The zero-order chi connectivity index (χ0) is 15.7. The van der Waals surface area contributed by atoms with Crippen LogP contribution in [-0.4, -0.2) is 49.4 Å². The van der Waals surface area contributed by atoms with Gasteiger partial charge in [0.25, 0.3) is 10.2 Å². The van der Waals surface area contributed by atoms with E-state index in [1.165, 1.54) is 8.61 Å². The third kappa shape index (κ3) is 2.77. The number of ether oxygens (including phenoxy) is 1. The van der Waals surface area contributed by atoms with Crippen LogP contribution in [0, 0.1) is 18.3 Å². The molecule has 0 amide bonds. The van der Waals surface area contributed by atoms with Crippen molar-refractivity contribution in [2.45, 2.75) is 31.9 Å². The number of nitriles is 1. The van der Waals surface area contributed by atoms with Gasteiger partial charge in [0.05, 0.1) is 25.3 Å². The molecule has 2 saturated heterocycles. The number of hydrogen-bond donors (Lipinski definition) is 0. The zero-order valence-electron chi connectivity index (χ0n) is 12.4. The van der Waals surface area contributed by atoms with Crippen LogP contribution in [0.1, 0.15) is 30.4 Å². The first-order valence-corrected chi connectivity index (χ1v) is 8.76. The maximum Gasteiger partial charge on any atom is 0.282 e. The molecule has 0 spiro atoms. The first-order valence-electron chi connectivity index (χ1n) is 7.37. The molecule has 2 fully saturated rings. The Morgan fingerprint density at radius 2 is 2.18 bits per heavy atom. The molecule has 2 atom stereocenters. The van der Waals surface area contributed by atoms with Crippen molar-refractivity contribution < 1.29 is 17.6 Å². The van der Waals surface area contributed by atoms with Gasteiger partial charge in [-0.15, -0.1) is 0 Å². The first-order chi connectivity index (χ1) is 10.5. The standard InChI is InChI=1S/C14H19N3O4S/c1-11-4-5-14(21-11)13-3-2-6-17(13)22(18,19)16-7-8-20-12(9-15)10-16/h4-5,12-13H,2-3,6-8,10H2,1H3/t12-,13-/m1/s1. The van der Waals surface area contributed by atoms with Crippen molar-refractivity contribution in [2.24, 2.45) is 0 Å². The molecule has 8 heteroatoms. The molecule has 3 rings (SSSR count). The molecule has 0 aliphatic carbocycles. The van der Waals surface area contributed by atoms with Crippen LogP contribution >= 0.6 is 0 Å². The summed E-state index contributed by atoms with van der Waals surface area (Å²) in [6.45, 7) is 2.92. The topological polar surface area (TPSA) is 86.8 Å². The molecule has 0 saturated carbocycles. The van der Waals surface area contributed by atoms with E-state index in [0.29, 0.717) is 12.3 Å². The molecule has 22 heavy (non-hydrogen) atoms. The van der Waals surface area contributed by atoms with Crippen molar-refractivity contribution in [3.63, 3.8) is 0 Å². The normalized spacial score (nSPS) is 27.8. The van der Waals surface area contributed by atoms with E-state index < -0.39 is 16.3 Å². The Balaban J connectivity index is 1.83. The van der Waals surface area contributed by atoms with E-state index in [4.69, 9.17) is 14.4 Å². The largest absolute Gasteiger partial charge is 0.465 e. The van der Waals surface area contributed by atoms with Crippen molar-refractivity contribution in [3.05, 3.63) is 23.7 Å². The first kappa shape index (κ1) is 15.5. The van der Waals surface area contributed by atoms with Crippen molar-refractivity contribution in [3.8, 4) is 6.07 Å². The summed E-state index contributed by atoms with van der Waals surface area (Å²) in [4.78, 5) is 0. The number of aryl methyl sites for hydroxylation is 1. The number of nitrogens with zero attached hydrogens (tertiary/aromatic N) is 3. The smallest absolute Gasteiger partial charge is 0.282 e. The van der Waals surface area contributed by atoms with E-state index in [-0.39, 0.29) is 25.7 Å². The molecule has 0 unspecified atom stereocenters. The summed E-state index contributed by atoms with van der Waals surface area (Å²) in [5, 5.41) is 8.95. The van der Waals surface area contributed by atoms with Crippen LogP contribution < -0.4 is 0 Å². The third-order valence-corrected chi connectivity index (χ3v) is 6.10. The number of morpholine rings is 1. The quantitative estimate of drug-likeness (QED) is 0.833. The molecule has 3 heterocycles. The summed E-state index contributed by atoms with van der Waals surface area (Å²) >= 11 is 0. The second kappa shape index (κ2) is 6.01. The lowest BCUT2D eigenvalue weighted by atomic mass is 10.2. The maximum atomic E-state index is 12.9. The van der Waals surface area contributed by atoms with Crippen LogP contribution in [0.25, 0.3) is 0 Å². The molecular weight excluding hydrogens is 306 g/mol. The van der Waals surface area contributed by atoms with E-state index in [1.54, 1.807) is 0 Å². The van der Waals surface area contributed by atoms with E-state index in [9.17, 15) is 8.42 Å². The van der Waals surface area contributed by atoms with Crippen molar-refractivity contribution in [2.75, 3.05) is 26.2 Å². The van der Waals surface area contributed by atoms with Crippen molar-refractivity contribution in [1.29, 1.82) is 5.26 Å². The summed E-state index contributed by atoms with van der Waals surface area (Å²) in [5.74, 6) is 1.46. The molecule has 0 bridgehead atoms. The summed E-state index contributed by atoms with van der Waals surface area (Å²) in [5.41, 5.74) is 0. The molecule has 1 aromatic heterocycles. The van der Waals surface area contributed by atoms with Gasteiger partial charge in [-0.25, -0.2) is 0 Å². The van der Waals surface area contributed by atoms with Crippen LogP contribution in [0.5, 0.6) is 0 Å². The third-order valence-electron chi connectivity index (χ3n) is 4.09. The highest BCUT2D eigenvalue weighted by Crippen LogP contribution is 2.36. The zero-order valence-corrected chi connectivity index (χ0v) is 13.3. The second-order valence-corrected chi connectivity index (χ2v) is 7.45. The highest BCUT2D eigenvalue weighted by Gasteiger charge is 2.41. The SMILES string of the molecule is Cc1ccc([C@H]2CCCN2S(=O)(=O)N2CCO[C@H](C#N)C2)o1. The lowest BCUT2D eigenvalue weighted by Crippen LogP contribution is -2.50. The van der Waals surface area contributed by atoms with Gasteiger partial charge in [-0.1, -0.05) is 0 Å². The predicted octanol–water partition coefficient (Wildman–Crippen LogP) is 1.19. The Labute approximate surface area is 130 Å².